The zero-order valence-corrected chi connectivity index (χ0v) is 90.5. The third-order valence-electron chi connectivity index (χ3n) is 25.8. The van der Waals surface area contributed by atoms with Gasteiger partial charge in [0.1, 0.15) is 31.8 Å². The summed E-state index contributed by atoms with van der Waals surface area (Å²) in [6.07, 6.45) is -0.965. The Kier molecular flexibility index (Phi) is 39.8. The fraction of sp³-hybridized carbons (Fsp3) is 0.282. The Morgan fingerprint density at radius 1 is 0.207 bits per heavy atom. The summed E-state index contributed by atoms with van der Waals surface area (Å²) in [4.78, 5) is 175. The standard InChI is InChI=1S/C117H120O20P4S4/c1-77-69-81(5)109(113(126)138(130,89-37-21-13-22-38-89)90-39-23-14-24-40-90)85(9)105(77)97(118)53-61-142-65-57-101(122)134-73-117(74-135-102(123)58-66-143-62-54-98(119)106-78(2)70-82(6)110(86(106)10)114(127)139(131,91-41-25-15-26-42-91)92-43-27-16-28-44-92,75-136-103(124)59-67-144-63-55-99(120)107-79(3)71-83(7)111(87(107)11)115(128)140(132,93-45-29-17-30-46-93)94-47-31-18-32-48-94)76-137-104(125)60-68-145-64-56-100(121)108-80(4)72-84(8)112(88(108)12)116(129)141(133,95-49-33-19-34-50-95)96-51-35-20-36-52-96/h13-52,69-72H,53-68,73-76H2,1-12H3. The first kappa shape index (κ1) is 112. The van der Waals surface area contributed by atoms with E-state index in [1.165, 1.54) is 47.0 Å². The third kappa shape index (κ3) is 26.2. The van der Waals surface area contributed by atoms with Crippen molar-refractivity contribution in [3.63, 3.8) is 0 Å². The number of ketones is 4. The molecule has 0 amide bonds. The normalized spacial score (nSPS) is 11.7. The monoisotopic (exact) mass is 2100 g/mol. The number of esters is 4. The Hall–Kier alpha value is -11.8. The van der Waals surface area contributed by atoms with Crippen LogP contribution in [-0.2, 0) is 56.4 Å². The molecule has 0 aliphatic carbocycles. The SMILES string of the molecule is Cc1cc(C)c(C(=O)P(=O)(c2ccccc2)c2ccccc2)c(C)c1C(=O)CCSCCC(=O)OCC(COC(=O)CCSCCC(=O)c1c(C)cc(C)c(C(=O)P(=O)(c2ccccc2)c2ccccc2)c1C)(COC(=O)CCSCCC(=O)c1c(C)cc(C)c(C(=O)P(=O)(c2ccccc2)c2ccccc2)c1C)COC(=O)CCSCCC(=O)c1c(C)cc(C)c(C(=O)P(=O)(c2ccccc2)c2ccccc2)c1C. The molecule has 0 radical (unpaired) electrons. The molecule has 28 heteroatoms. The highest BCUT2D eigenvalue weighted by molar-refractivity contribution is 8.00. The fourth-order valence-electron chi connectivity index (χ4n) is 18.7. The Morgan fingerprint density at radius 2 is 0.345 bits per heavy atom. The Bertz CT molecular complexity index is 6030. The first-order chi connectivity index (χ1) is 69.4. The molecule has 0 aliphatic rings. The lowest BCUT2D eigenvalue weighted by Crippen LogP contribution is -2.44. The van der Waals surface area contributed by atoms with E-state index in [2.05, 4.69) is 0 Å². The predicted octanol–water partition coefficient (Wildman–Crippen LogP) is 22.0. The molecule has 0 spiro atoms. The maximum Gasteiger partial charge on any atom is 0.306 e. The number of hydrogen-bond donors (Lipinski definition) is 0. The van der Waals surface area contributed by atoms with E-state index in [-0.39, 0.29) is 143 Å². The largest absolute Gasteiger partial charge is 0.465 e. The van der Waals surface area contributed by atoms with E-state index in [1.54, 1.807) is 350 Å². The molecule has 0 heterocycles. The summed E-state index contributed by atoms with van der Waals surface area (Å²) in [6.45, 7) is 18.3. The lowest BCUT2D eigenvalue weighted by Gasteiger charge is -2.31. The Morgan fingerprint density at radius 3 is 0.497 bits per heavy atom. The fourth-order valence-corrected chi connectivity index (χ4v) is 32.5. The number of thioether (sulfide) groups is 4. The Balaban J connectivity index is 0.753. The summed E-state index contributed by atoms with van der Waals surface area (Å²) < 4.78 is 85.7. The van der Waals surface area contributed by atoms with E-state index in [4.69, 9.17) is 18.9 Å². The zero-order chi connectivity index (χ0) is 105. The van der Waals surface area contributed by atoms with Gasteiger partial charge >= 0.3 is 23.9 Å². The van der Waals surface area contributed by atoms with Crippen LogP contribution >= 0.6 is 75.6 Å². The lowest BCUT2D eigenvalue weighted by molar-refractivity contribution is -0.170. The number of Topliss-reactive ketones (excluding diaryl/α,β-unsaturated/α-hetero) is 4. The van der Waals surface area contributed by atoms with Gasteiger partial charge in [-0.3, -0.25) is 57.5 Å². The summed E-state index contributed by atoms with van der Waals surface area (Å²) in [5, 5.41) is 2.80. The molecule has 12 rings (SSSR count). The van der Waals surface area contributed by atoms with Crippen molar-refractivity contribution in [2.75, 3.05) is 72.5 Å². The molecule has 0 saturated heterocycles. The summed E-state index contributed by atoms with van der Waals surface area (Å²) in [6, 6.07) is 75.4. The van der Waals surface area contributed by atoms with E-state index in [0.717, 1.165) is 0 Å². The number of hydrogen-bond acceptors (Lipinski definition) is 24. The zero-order valence-electron chi connectivity index (χ0n) is 83.6. The number of rotatable bonds is 52. The van der Waals surface area contributed by atoms with Crippen molar-refractivity contribution < 1.29 is 94.7 Å². The van der Waals surface area contributed by atoms with Crippen molar-refractivity contribution in [3.8, 4) is 0 Å². The first-order valence-electron chi connectivity index (χ1n) is 48.0. The van der Waals surface area contributed by atoms with Crippen LogP contribution in [0.4, 0.5) is 0 Å². The van der Waals surface area contributed by atoms with Crippen LogP contribution in [0.3, 0.4) is 0 Å². The highest BCUT2D eigenvalue weighted by Crippen LogP contribution is 2.53. The summed E-state index contributed by atoms with van der Waals surface area (Å²) in [7, 11) is -15.9. The number of carbonyl (C=O) groups is 12. The average molecular weight is 2100 g/mol. The van der Waals surface area contributed by atoms with Crippen LogP contribution in [0.15, 0.2) is 267 Å². The quantitative estimate of drug-likeness (QED) is 0.0112. The van der Waals surface area contributed by atoms with Crippen LogP contribution in [0, 0.1) is 88.5 Å². The first-order valence-corrected chi connectivity index (χ1v) is 59.4. The van der Waals surface area contributed by atoms with Gasteiger partial charge in [0.25, 0.3) is 0 Å². The van der Waals surface area contributed by atoms with Gasteiger partial charge in [-0.1, -0.05) is 267 Å². The molecule has 0 unspecified atom stereocenters. The summed E-state index contributed by atoms with van der Waals surface area (Å²) >= 11 is 5.11. The molecule has 20 nitrogen and oxygen atoms in total. The van der Waals surface area contributed by atoms with Gasteiger partial charge in [-0.2, -0.15) is 47.0 Å². The maximum absolute atomic E-state index is 15.4. The van der Waals surface area contributed by atoms with Gasteiger partial charge in [-0.25, -0.2) is 0 Å². The van der Waals surface area contributed by atoms with Gasteiger partial charge in [-0.15, -0.1) is 0 Å². The number of ether oxygens (including phenoxy) is 4. The van der Waals surface area contributed by atoms with Gasteiger partial charge < -0.3 is 37.2 Å². The van der Waals surface area contributed by atoms with Crippen LogP contribution in [0.25, 0.3) is 0 Å². The van der Waals surface area contributed by atoms with Gasteiger partial charge in [0.05, 0.1) is 25.7 Å². The molecule has 0 aromatic heterocycles. The van der Waals surface area contributed by atoms with Gasteiger partial charge in [0.2, 0.25) is 50.7 Å². The molecule has 12 aromatic rings. The van der Waals surface area contributed by atoms with E-state index in [1.807, 2.05) is 0 Å². The minimum Gasteiger partial charge on any atom is -0.465 e. The average Bonchev–Trinajstić information content (AvgIpc) is 0.757. The summed E-state index contributed by atoms with van der Waals surface area (Å²) in [5.41, 5.74) is 4.14. The molecular weight excluding hydrogens is 1980 g/mol. The van der Waals surface area contributed by atoms with Crippen molar-refractivity contribution >= 4 is 187 Å². The molecule has 0 fully saturated rings. The van der Waals surface area contributed by atoms with Crippen molar-refractivity contribution in [2.24, 2.45) is 5.41 Å². The van der Waals surface area contributed by atoms with Crippen LogP contribution < -0.4 is 42.4 Å². The second-order valence-corrected chi connectivity index (χ2v) is 51.7. The molecule has 12 aromatic carbocycles. The van der Waals surface area contributed by atoms with E-state index < -0.39 is 106 Å². The predicted molar refractivity (Wildman–Crippen MR) is 589 cm³/mol. The number of benzene rings is 12. The molecule has 0 atom stereocenters. The molecule has 145 heavy (non-hydrogen) atoms. The molecule has 0 bridgehead atoms. The van der Waals surface area contributed by atoms with Crippen LogP contribution in [0.2, 0.25) is 0 Å². The van der Waals surface area contributed by atoms with Crippen LogP contribution in [0.5, 0.6) is 0 Å². The summed E-state index contributed by atoms with van der Waals surface area (Å²) in [5.74, 6) is -2.76. The smallest absolute Gasteiger partial charge is 0.306 e. The van der Waals surface area contributed by atoms with Crippen molar-refractivity contribution in [2.45, 2.75) is 134 Å². The minimum atomic E-state index is -3.98. The molecule has 0 saturated carbocycles. The van der Waals surface area contributed by atoms with E-state index in [9.17, 15) is 57.5 Å². The highest BCUT2D eigenvalue weighted by Gasteiger charge is 2.45. The number of aryl methyl sites for hydroxylation is 8. The molecule has 752 valence electrons. The van der Waals surface area contributed by atoms with Crippen LogP contribution in [-0.4, -0.2) is 142 Å². The molecule has 0 N–H and O–H groups in total. The van der Waals surface area contributed by atoms with E-state index in [0.29, 0.717) is 131 Å². The van der Waals surface area contributed by atoms with Gasteiger partial charge in [-0.05, 0) is 150 Å². The number of carbonyl (C=O) groups excluding carboxylic acids is 12. The van der Waals surface area contributed by atoms with Gasteiger partial charge in [0, 0.05) is 159 Å². The molecule has 0 aliphatic heterocycles. The van der Waals surface area contributed by atoms with Gasteiger partial charge in [0.15, 0.2) is 23.1 Å². The Labute approximate surface area is 866 Å². The maximum atomic E-state index is 15.4. The molecular formula is C117H120O20P4S4. The third-order valence-corrected chi connectivity index (χ3v) is 41.1. The van der Waals surface area contributed by atoms with Crippen LogP contribution in [0.1, 0.15) is 201 Å². The minimum absolute atomic E-state index is 0.0148. The topological polar surface area (TPSA) is 310 Å². The second kappa shape index (κ2) is 51.5. The van der Waals surface area contributed by atoms with Crippen molar-refractivity contribution in [3.05, 3.63) is 378 Å². The van der Waals surface area contributed by atoms with Crippen molar-refractivity contribution in [1.82, 2.24) is 0 Å². The van der Waals surface area contributed by atoms with Crippen molar-refractivity contribution in [1.29, 1.82) is 0 Å². The lowest BCUT2D eigenvalue weighted by atomic mass is 9.91. The second-order valence-electron chi connectivity index (χ2n) is 36.2. The van der Waals surface area contributed by atoms with E-state index >= 15 is 18.3 Å². The highest BCUT2D eigenvalue weighted by atomic mass is 32.2.